The average Bonchev–Trinajstić information content (AvgIpc) is 2.95. The fourth-order valence-electron chi connectivity index (χ4n) is 4.15. The van der Waals surface area contributed by atoms with Crippen LogP contribution < -0.4 is 9.47 Å². The van der Waals surface area contributed by atoms with Gasteiger partial charge in [0.05, 0.1) is 0 Å². The van der Waals surface area contributed by atoms with Crippen LogP contribution in [0, 0.1) is 12.3 Å². The second kappa shape index (κ2) is 5.74. The van der Waals surface area contributed by atoms with E-state index in [1.54, 1.807) is 0 Å². The predicted molar refractivity (Wildman–Crippen MR) is 84.3 cm³/mol. The van der Waals surface area contributed by atoms with Crippen LogP contribution in [0.3, 0.4) is 0 Å². The third kappa shape index (κ3) is 2.70. The molecule has 0 atom stereocenters. The molecule has 0 aliphatic carbocycles. The van der Waals surface area contributed by atoms with Gasteiger partial charge in [0.2, 0.25) is 6.79 Å². The zero-order chi connectivity index (χ0) is 15.0. The standard InChI is InChI=1S/C18H25NO3/c1-14-9-16-17(22-13-21-16)10-15(14)11-19-6-2-3-18(12-19)4-7-20-8-5-18/h9-10H,2-8,11-13H2,1H3. The summed E-state index contributed by atoms with van der Waals surface area (Å²) in [6.07, 6.45) is 5.13. The van der Waals surface area contributed by atoms with E-state index in [9.17, 15) is 0 Å². The molecule has 3 aliphatic heterocycles. The molecule has 3 heterocycles. The Bertz CT molecular complexity index is 546. The van der Waals surface area contributed by atoms with Crippen LogP contribution in [-0.2, 0) is 11.3 Å². The lowest BCUT2D eigenvalue weighted by Crippen LogP contribution is -2.45. The Balaban J connectivity index is 1.49. The molecule has 4 heteroatoms. The number of rotatable bonds is 2. The van der Waals surface area contributed by atoms with Crippen LogP contribution in [-0.4, -0.2) is 38.0 Å². The summed E-state index contributed by atoms with van der Waals surface area (Å²) in [7, 11) is 0. The Morgan fingerprint density at radius 2 is 1.86 bits per heavy atom. The van der Waals surface area contributed by atoms with Gasteiger partial charge in [0.25, 0.3) is 0 Å². The molecule has 1 spiro atoms. The molecule has 120 valence electrons. The Morgan fingerprint density at radius 1 is 1.09 bits per heavy atom. The van der Waals surface area contributed by atoms with Crippen molar-refractivity contribution in [1.29, 1.82) is 0 Å². The number of fused-ring (bicyclic) bond motifs is 1. The molecule has 0 radical (unpaired) electrons. The van der Waals surface area contributed by atoms with Crippen molar-refractivity contribution in [2.75, 3.05) is 33.1 Å². The Morgan fingerprint density at radius 3 is 2.68 bits per heavy atom. The van der Waals surface area contributed by atoms with Crippen molar-refractivity contribution in [3.05, 3.63) is 23.3 Å². The number of hydrogen-bond donors (Lipinski definition) is 0. The summed E-state index contributed by atoms with van der Waals surface area (Å²) >= 11 is 0. The number of piperidine rings is 1. The summed E-state index contributed by atoms with van der Waals surface area (Å²) in [6, 6.07) is 4.29. The maximum atomic E-state index is 5.57. The number of likely N-dealkylation sites (tertiary alicyclic amines) is 1. The molecule has 0 saturated carbocycles. The number of ether oxygens (including phenoxy) is 3. The number of hydrogen-bond acceptors (Lipinski definition) is 4. The Labute approximate surface area is 132 Å². The first-order chi connectivity index (χ1) is 10.7. The zero-order valence-corrected chi connectivity index (χ0v) is 13.4. The molecular weight excluding hydrogens is 278 g/mol. The molecule has 4 nitrogen and oxygen atoms in total. The van der Waals surface area contributed by atoms with Crippen molar-refractivity contribution >= 4 is 0 Å². The van der Waals surface area contributed by atoms with E-state index in [4.69, 9.17) is 14.2 Å². The van der Waals surface area contributed by atoms with Crippen LogP contribution in [0.1, 0.15) is 36.8 Å². The van der Waals surface area contributed by atoms with Gasteiger partial charge in [0.15, 0.2) is 11.5 Å². The van der Waals surface area contributed by atoms with Gasteiger partial charge in [-0.05, 0) is 67.8 Å². The zero-order valence-electron chi connectivity index (χ0n) is 13.4. The molecular formula is C18H25NO3. The van der Waals surface area contributed by atoms with E-state index in [0.717, 1.165) is 31.3 Å². The van der Waals surface area contributed by atoms with Gasteiger partial charge in [-0.3, -0.25) is 4.90 Å². The first-order valence-electron chi connectivity index (χ1n) is 8.43. The van der Waals surface area contributed by atoms with Crippen molar-refractivity contribution in [1.82, 2.24) is 4.90 Å². The van der Waals surface area contributed by atoms with E-state index < -0.39 is 0 Å². The summed E-state index contributed by atoms with van der Waals surface area (Å²) in [6.45, 7) is 7.84. The first-order valence-corrected chi connectivity index (χ1v) is 8.43. The monoisotopic (exact) mass is 303 g/mol. The van der Waals surface area contributed by atoms with Crippen LogP contribution in [0.2, 0.25) is 0 Å². The minimum atomic E-state index is 0.352. The molecule has 0 amide bonds. The van der Waals surface area contributed by atoms with E-state index in [1.165, 1.54) is 49.9 Å². The van der Waals surface area contributed by atoms with Crippen LogP contribution in [0.4, 0.5) is 0 Å². The highest BCUT2D eigenvalue weighted by Crippen LogP contribution is 2.40. The highest BCUT2D eigenvalue weighted by Gasteiger charge is 2.36. The maximum absolute atomic E-state index is 5.57. The smallest absolute Gasteiger partial charge is 0.231 e. The van der Waals surface area contributed by atoms with Crippen molar-refractivity contribution < 1.29 is 14.2 Å². The van der Waals surface area contributed by atoms with E-state index in [-0.39, 0.29) is 0 Å². The van der Waals surface area contributed by atoms with Gasteiger partial charge in [-0.15, -0.1) is 0 Å². The molecule has 4 rings (SSSR count). The second-order valence-electron chi connectivity index (χ2n) is 7.06. The molecule has 1 aromatic carbocycles. The molecule has 0 bridgehead atoms. The van der Waals surface area contributed by atoms with Crippen LogP contribution in [0.15, 0.2) is 12.1 Å². The fraction of sp³-hybridized carbons (Fsp3) is 0.667. The topological polar surface area (TPSA) is 30.9 Å². The first kappa shape index (κ1) is 14.3. The average molecular weight is 303 g/mol. The molecule has 22 heavy (non-hydrogen) atoms. The van der Waals surface area contributed by atoms with E-state index in [0.29, 0.717) is 12.2 Å². The highest BCUT2D eigenvalue weighted by molar-refractivity contribution is 5.48. The lowest BCUT2D eigenvalue weighted by molar-refractivity contribution is -0.0291. The van der Waals surface area contributed by atoms with Crippen LogP contribution in [0.25, 0.3) is 0 Å². The largest absolute Gasteiger partial charge is 0.454 e. The molecule has 0 unspecified atom stereocenters. The third-order valence-electron chi connectivity index (χ3n) is 5.52. The van der Waals surface area contributed by atoms with E-state index in [1.807, 2.05) is 0 Å². The van der Waals surface area contributed by atoms with Crippen molar-refractivity contribution in [2.45, 2.75) is 39.2 Å². The fourth-order valence-corrected chi connectivity index (χ4v) is 4.15. The molecule has 2 fully saturated rings. The molecule has 1 aromatic rings. The predicted octanol–water partition coefficient (Wildman–Crippen LogP) is 3.12. The minimum absolute atomic E-state index is 0.352. The van der Waals surface area contributed by atoms with Crippen molar-refractivity contribution in [3.8, 4) is 11.5 Å². The summed E-state index contributed by atoms with van der Waals surface area (Å²) in [4.78, 5) is 2.62. The molecule has 0 N–H and O–H groups in total. The van der Waals surface area contributed by atoms with Gasteiger partial charge in [-0.1, -0.05) is 0 Å². The Hall–Kier alpha value is -1.26. The normalized spacial score (nSPS) is 23.9. The summed E-state index contributed by atoms with van der Waals surface area (Å²) < 4.78 is 16.6. The van der Waals surface area contributed by atoms with Gasteiger partial charge in [-0.2, -0.15) is 0 Å². The van der Waals surface area contributed by atoms with Crippen LogP contribution in [0.5, 0.6) is 11.5 Å². The lowest BCUT2D eigenvalue weighted by atomic mass is 9.74. The van der Waals surface area contributed by atoms with E-state index >= 15 is 0 Å². The number of benzene rings is 1. The van der Waals surface area contributed by atoms with Crippen molar-refractivity contribution in [2.24, 2.45) is 5.41 Å². The van der Waals surface area contributed by atoms with Crippen LogP contribution >= 0.6 is 0 Å². The van der Waals surface area contributed by atoms with Gasteiger partial charge < -0.3 is 14.2 Å². The van der Waals surface area contributed by atoms with Gasteiger partial charge in [0.1, 0.15) is 0 Å². The molecule has 2 saturated heterocycles. The number of aryl methyl sites for hydroxylation is 1. The summed E-state index contributed by atoms with van der Waals surface area (Å²) in [5, 5.41) is 0. The van der Waals surface area contributed by atoms with Gasteiger partial charge >= 0.3 is 0 Å². The maximum Gasteiger partial charge on any atom is 0.231 e. The van der Waals surface area contributed by atoms with Gasteiger partial charge in [-0.25, -0.2) is 0 Å². The molecule has 0 aromatic heterocycles. The summed E-state index contributed by atoms with van der Waals surface area (Å²) in [5.41, 5.74) is 3.17. The van der Waals surface area contributed by atoms with E-state index in [2.05, 4.69) is 24.0 Å². The third-order valence-corrected chi connectivity index (χ3v) is 5.52. The van der Waals surface area contributed by atoms with Gasteiger partial charge in [0, 0.05) is 26.3 Å². The second-order valence-corrected chi connectivity index (χ2v) is 7.06. The molecule has 3 aliphatic rings. The quantitative estimate of drug-likeness (QED) is 0.840. The number of nitrogens with zero attached hydrogens (tertiary/aromatic N) is 1. The van der Waals surface area contributed by atoms with Crippen molar-refractivity contribution in [3.63, 3.8) is 0 Å². The summed E-state index contributed by atoms with van der Waals surface area (Å²) in [5.74, 6) is 1.79. The Kier molecular flexibility index (Phi) is 3.74. The lowest BCUT2D eigenvalue weighted by Gasteiger charge is -2.45. The minimum Gasteiger partial charge on any atom is -0.454 e. The highest BCUT2D eigenvalue weighted by atomic mass is 16.7. The SMILES string of the molecule is Cc1cc2c(cc1CN1CCCC3(CCOCC3)C1)OCO2.